The van der Waals surface area contributed by atoms with Crippen molar-refractivity contribution in [3.63, 3.8) is 0 Å². The van der Waals surface area contributed by atoms with Crippen LogP contribution in [0.1, 0.15) is 0 Å². The summed E-state index contributed by atoms with van der Waals surface area (Å²) in [4.78, 5) is 11.8. The van der Waals surface area contributed by atoms with E-state index in [0.29, 0.717) is 16.8 Å². The molecule has 2 heterocycles. The molecule has 0 aliphatic carbocycles. The van der Waals surface area contributed by atoms with Crippen LogP contribution in [0.3, 0.4) is 0 Å². The Morgan fingerprint density at radius 3 is 2.76 bits per heavy atom. The van der Waals surface area contributed by atoms with Crippen molar-refractivity contribution in [2.45, 2.75) is 0 Å². The van der Waals surface area contributed by atoms with Gasteiger partial charge in [0.2, 0.25) is 5.88 Å². The van der Waals surface area contributed by atoms with Crippen LogP contribution >= 0.6 is 15.9 Å². The number of aryl methyl sites for hydroxylation is 1. The second kappa shape index (κ2) is 5.21. The lowest BCUT2D eigenvalue weighted by Crippen LogP contribution is -2.14. The number of hydrogen-bond donors (Lipinski definition) is 1. The minimum atomic E-state index is -0.116. The molecule has 1 aromatic carbocycles. The molecule has 3 rings (SSSR count). The van der Waals surface area contributed by atoms with Crippen molar-refractivity contribution in [1.29, 1.82) is 0 Å². The number of hydrogen-bond acceptors (Lipinski definition) is 4. The zero-order chi connectivity index (χ0) is 15.0. The fourth-order valence-electron chi connectivity index (χ4n) is 2.12. The number of nitrogen functional groups attached to an aromatic ring is 1. The summed E-state index contributed by atoms with van der Waals surface area (Å²) < 4.78 is 7.54. The van der Waals surface area contributed by atoms with Crippen molar-refractivity contribution in [2.75, 3.05) is 5.73 Å². The highest BCUT2D eigenvalue weighted by Gasteiger charge is 2.18. The van der Waals surface area contributed by atoms with Crippen molar-refractivity contribution in [3.05, 3.63) is 57.4 Å². The number of aromatic nitrogens is 2. The summed E-state index contributed by atoms with van der Waals surface area (Å²) >= 11 is 3.43. The maximum atomic E-state index is 11.8. The smallest absolute Gasteiger partial charge is 0.250 e. The van der Waals surface area contributed by atoms with Gasteiger partial charge in [-0.2, -0.15) is 0 Å². The molecule has 0 aliphatic heterocycles. The van der Waals surface area contributed by atoms with Gasteiger partial charge in [-0.15, -0.1) is 0 Å². The van der Waals surface area contributed by atoms with Gasteiger partial charge in [0.15, 0.2) is 0 Å². The van der Waals surface area contributed by atoms with Gasteiger partial charge in [-0.3, -0.25) is 4.79 Å². The Bertz CT molecular complexity index is 867. The van der Waals surface area contributed by atoms with Crippen LogP contribution in [-0.4, -0.2) is 9.72 Å². The number of anilines is 1. The Hall–Kier alpha value is -2.34. The van der Waals surface area contributed by atoms with E-state index in [4.69, 9.17) is 10.3 Å². The molecule has 106 valence electrons. The number of rotatable bonds is 2. The molecule has 5 nitrogen and oxygen atoms in total. The Morgan fingerprint density at radius 1 is 1.24 bits per heavy atom. The third-order valence-corrected chi connectivity index (χ3v) is 3.70. The zero-order valence-electron chi connectivity index (χ0n) is 11.2. The molecule has 0 amide bonds. The molecule has 3 aromatic rings. The second-order valence-electron chi connectivity index (χ2n) is 4.65. The zero-order valence-corrected chi connectivity index (χ0v) is 12.8. The van der Waals surface area contributed by atoms with Crippen LogP contribution in [0.15, 0.2) is 56.4 Å². The fraction of sp³-hybridized carbons (Fsp3) is 0.0667. The standard InChI is InChI=1S/C15H12BrN3O2/c1-19-6-5-10(8-12(19)20)14-13(15(17)21-18-14)9-3-2-4-11(16)7-9/h2-8H,17H2,1H3. The lowest BCUT2D eigenvalue weighted by molar-refractivity contribution is 0.439. The largest absolute Gasteiger partial charge is 0.367 e. The van der Waals surface area contributed by atoms with E-state index in [1.807, 2.05) is 24.3 Å². The first-order chi connectivity index (χ1) is 10.1. The number of nitrogens with two attached hydrogens (primary N) is 1. The number of halogens is 1. The maximum absolute atomic E-state index is 11.8. The lowest BCUT2D eigenvalue weighted by atomic mass is 10.0. The van der Waals surface area contributed by atoms with Gasteiger partial charge in [-0.25, -0.2) is 0 Å². The summed E-state index contributed by atoms with van der Waals surface area (Å²) in [5.41, 5.74) is 8.58. The summed E-state index contributed by atoms with van der Waals surface area (Å²) in [6.45, 7) is 0. The lowest BCUT2D eigenvalue weighted by Gasteiger charge is -2.04. The topological polar surface area (TPSA) is 74.1 Å². The highest BCUT2D eigenvalue weighted by molar-refractivity contribution is 9.10. The van der Waals surface area contributed by atoms with Gasteiger partial charge >= 0.3 is 0 Å². The number of pyridine rings is 1. The molecule has 0 aliphatic rings. The third-order valence-electron chi connectivity index (χ3n) is 3.21. The van der Waals surface area contributed by atoms with Crippen LogP contribution in [0, 0.1) is 0 Å². The summed E-state index contributed by atoms with van der Waals surface area (Å²) in [5, 5.41) is 4.00. The Labute approximate surface area is 129 Å². The van der Waals surface area contributed by atoms with Gasteiger partial charge < -0.3 is 14.8 Å². The molecular formula is C15H12BrN3O2. The monoisotopic (exact) mass is 345 g/mol. The highest BCUT2D eigenvalue weighted by atomic mass is 79.9. The van der Waals surface area contributed by atoms with E-state index in [1.54, 1.807) is 19.3 Å². The summed E-state index contributed by atoms with van der Waals surface area (Å²) in [6, 6.07) is 11.0. The number of nitrogens with zero attached hydrogens (tertiary/aromatic N) is 2. The fourth-order valence-corrected chi connectivity index (χ4v) is 2.52. The molecule has 0 atom stereocenters. The normalized spacial score (nSPS) is 10.8. The predicted molar refractivity (Wildman–Crippen MR) is 84.7 cm³/mol. The molecule has 2 N–H and O–H groups in total. The van der Waals surface area contributed by atoms with Crippen LogP contribution in [0.25, 0.3) is 22.4 Å². The van der Waals surface area contributed by atoms with Crippen molar-refractivity contribution in [3.8, 4) is 22.4 Å². The SMILES string of the molecule is Cn1ccc(-c2noc(N)c2-c2cccc(Br)c2)cc1=O. The Kier molecular flexibility index (Phi) is 3.39. The highest BCUT2D eigenvalue weighted by Crippen LogP contribution is 2.36. The first kappa shape index (κ1) is 13.6. The van der Waals surface area contributed by atoms with Crippen molar-refractivity contribution in [1.82, 2.24) is 9.72 Å². The third kappa shape index (κ3) is 2.50. The van der Waals surface area contributed by atoms with Crippen LogP contribution in [0.4, 0.5) is 5.88 Å². The van der Waals surface area contributed by atoms with E-state index in [-0.39, 0.29) is 11.4 Å². The molecular weight excluding hydrogens is 334 g/mol. The van der Waals surface area contributed by atoms with E-state index in [0.717, 1.165) is 10.0 Å². The van der Waals surface area contributed by atoms with Crippen molar-refractivity contribution in [2.24, 2.45) is 7.05 Å². The van der Waals surface area contributed by atoms with E-state index in [2.05, 4.69) is 21.1 Å². The molecule has 0 bridgehead atoms. The molecule has 0 saturated carbocycles. The minimum Gasteiger partial charge on any atom is -0.367 e. The molecule has 6 heteroatoms. The predicted octanol–water partition coefficient (Wildman–Crippen LogP) is 3.05. The maximum Gasteiger partial charge on any atom is 0.250 e. The minimum absolute atomic E-state index is 0.116. The van der Waals surface area contributed by atoms with Crippen LogP contribution < -0.4 is 11.3 Å². The molecule has 21 heavy (non-hydrogen) atoms. The van der Waals surface area contributed by atoms with E-state index in [9.17, 15) is 4.79 Å². The molecule has 0 radical (unpaired) electrons. The number of benzene rings is 1. The van der Waals surface area contributed by atoms with Gasteiger partial charge in [0.25, 0.3) is 5.56 Å². The van der Waals surface area contributed by atoms with Crippen molar-refractivity contribution >= 4 is 21.8 Å². The van der Waals surface area contributed by atoms with Crippen LogP contribution in [-0.2, 0) is 7.05 Å². The molecule has 0 saturated heterocycles. The van der Waals surface area contributed by atoms with Crippen molar-refractivity contribution < 1.29 is 4.52 Å². The average molecular weight is 346 g/mol. The summed E-state index contributed by atoms with van der Waals surface area (Å²) in [7, 11) is 1.69. The van der Waals surface area contributed by atoms with E-state index >= 15 is 0 Å². The Morgan fingerprint density at radius 2 is 2.05 bits per heavy atom. The van der Waals surface area contributed by atoms with Gasteiger partial charge in [-0.1, -0.05) is 33.2 Å². The quantitative estimate of drug-likeness (QED) is 0.774. The Balaban J connectivity index is 2.21. The van der Waals surface area contributed by atoms with Gasteiger partial charge in [0.05, 0.1) is 5.56 Å². The van der Waals surface area contributed by atoms with Gasteiger partial charge in [-0.05, 0) is 23.8 Å². The molecule has 0 fully saturated rings. The van der Waals surface area contributed by atoms with Crippen LogP contribution in [0.2, 0.25) is 0 Å². The molecule has 0 spiro atoms. The molecule has 0 unspecified atom stereocenters. The first-order valence-corrected chi connectivity index (χ1v) is 7.03. The van der Waals surface area contributed by atoms with Gasteiger partial charge in [0, 0.05) is 29.3 Å². The molecule has 2 aromatic heterocycles. The van der Waals surface area contributed by atoms with E-state index < -0.39 is 0 Å². The average Bonchev–Trinajstić information content (AvgIpc) is 2.84. The van der Waals surface area contributed by atoms with Gasteiger partial charge in [0.1, 0.15) is 5.69 Å². The second-order valence-corrected chi connectivity index (χ2v) is 5.56. The van der Waals surface area contributed by atoms with Crippen LogP contribution in [0.5, 0.6) is 0 Å². The first-order valence-electron chi connectivity index (χ1n) is 6.24. The summed E-state index contributed by atoms with van der Waals surface area (Å²) in [5.74, 6) is 0.226. The van der Waals surface area contributed by atoms with E-state index in [1.165, 1.54) is 10.6 Å². The summed E-state index contributed by atoms with van der Waals surface area (Å²) in [6.07, 6.45) is 1.69.